The van der Waals surface area contributed by atoms with E-state index in [0.717, 1.165) is 0 Å². The molecular weight excluding hydrogens is 440 g/mol. The van der Waals surface area contributed by atoms with E-state index in [2.05, 4.69) is 4.98 Å². The van der Waals surface area contributed by atoms with Gasteiger partial charge in [-0.1, -0.05) is 11.6 Å². The molecule has 160 valence electrons. The topological polar surface area (TPSA) is 102 Å². The number of benzene rings is 1. The maximum Gasteiger partial charge on any atom is 0.262 e. The highest BCUT2D eigenvalue weighted by Gasteiger charge is 2.34. The summed E-state index contributed by atoms with van der Waals surface area (Å²) < 4.78 is 61.5. The number of nitrogens with zero attached hydrogens (tertiary/aromatic N) is 4. The molecule has 1 aromatic carbocycles. The van der Waals surface area contributed by atoms with Crippen LogP contribution < -0.4 is 4.74 Å². The zero-order valence-corrected chi connectivity index (χ0v) is 18.8. The van der Waals surface area contributed by atoms with Crippen LogP contribution in [-0.2, 0) is 27.1 Å². The number of aromatic nitrogens is 2. The van der Waals surface area contributed by atoms with Crippen molar-refractivity contribution in [2.45, 2.75) is 23.3 Å². The fraction of sp³-hybridized carbons (Fsp3) is 0.471. The van der Waals surface area contributed by atoms with Crippen molar-refractivity contribution in [1.29, 1.82) is 0 Å². The Labute approximate surface area is 175 Å². The van der Waals surface area contributed by atoms with Crippen LogP contribution in [0.2, 0.25) is 5.02 Å². The Morgan fingerprint density at radius 1 is 1.03 bits per heavy atom. The minimum Gasteiger partial charge on any atom is -0.495 e. The summed E-state index contributed by atoms with van der Waals surface area (Å²) in [4.78, 5) is 4.07. The molecule has 2 aromatic rings. The predicted molar refractivity (Wildman–Crippen MR) is 108 cm³/mol. The van der Waals surface area contributed by atoms with Gasteiger partial charge in [0.2, 0.25) is 10.0 Å². The van der Waals surface area contributed by atoms with Crippen molar-refractivity contribution in [3.63, 3.8) is 0 Å². The summed E-state index contributed by atoms with van der Waals surface area (Å²) in [5.41, 5.74) is 0. The van der Waals surface area contributed by atoms with Gasteiger partial charge in [-0.25, -0.2) is 21.8 Å². The van der Waals surface area contributed by atoms with E-state index in [-0.39, 0.29) is 46.9 Å². The van der Waals surface area contributed by atoms with Crippen LogP contribution in [0, 0.1) is 6.92 Å². The third kappa shape index (κ3) is 4.29. The van der Waals surface area contributed by atoms with E-state index in [1.807, 2.05) is 0 Å². The fourth-order valence-electron chi connectivity index (χ4n) is 3.12. The third-order valence-corrected chi connectivity index (χ3v) is 8.77. The molecule has 0 atom stereocenters. The highest BCUT2D eigenvalue weighted by atomic mass is 35.5. The quantitative estimate of drug-likeness (QED) is 0.666. The average Bonchev–Trinajstić information content (AvgIpc) is 2.87. The monoisotopic (exact) mass is 462 g/mol. The molecule has 0 bridgehead atoms. The fourth-order valence-corrected chi connectivity index (χ4v) is 6.51. The number of aryl methyl sites for hydroxylation is 2. The van der Waals surface area contributed by atoms with E-state index < -0.39 is 20.0 Å². The summed E-state index contributed by atoms with van der Waals surface area (Å²) in [6, 6.07) is 4.38. The summed E-state index contributed by atoms with van der Waals surface area (Å²) in [5.74, 6) is 0.766. The van der Waals surface area contributed by atoms with Gasteiger partial charge >= 0.3 is 0 Å². The van der Waals surface area contributed by atoms with E-state index in [9.17, 15) is 16.8 Å². The van der Waals surface area contributed by atoms with Crippen LogP contribution in [0.1, 0.15) is 12.2 Å². The van der Waals surface area contributed by atoms with Gasteiger partial charge in [-0.15, -0.1) is 0 Å². The van der Waals surface area contributed by atoms with Gasteiger partial charge in [0.05, 0.1) is 7.11 Å². The Morgan fingerprint density at radius 2 is 1.66 bits per heavy atom. The van der Waals surface area contributed by atoms with Crippen molar-refractivity contribution in [2.24, 2.45) is 7.05 Å². The number of hydrogen-bond acceptors (Lipinski definition) is 6. The number of hydrogen-bond donors (Lipinski definition) is 0. The average molecular weight is 463 g/mol. The lowest BCUT2D eigenvalue weighted by molar-refractivity contribution is 0.388. The van der Waals surface area contributed by atoms with Gasteiger partial charge in [0, 0.05) is 44.4 Å². The Balaban J connectivity index is 1.85. The molecule has 29 heavy (non-hydrogen) atoms. The van der Waals surface area contributed by atoms with Crippen LogP contribution in [0.15, 0.2) is 34.3 Å². The van der Waals surface area contributed by atoms with Crippen molar-refractivity contribution in [1.82, 2.24) is 18.2 Å². The third-order valence-electron chi connectivity index (χ3n) is 4.85. The molecule has 1 fully saturated rings. The molecule has 3 rings (SSSR count). The molecule has 0 amide bonds. The van der Waals surface area contributed by atoms with Crippen LogP contribution in [0.5, 0.6) is 5.75 Å². The summed E-state index contributed by atoms with van der Waals surface area (Å²) >= 11 is 5.98. The SMILES string of the molecule is COc1ccc(Cl)cc1S(=O)(=O)N1CCCN(S(=O)(=O)c2cn(C)c(C)n2)CC1. The van der Waals surface area contributed by atoms with E-state index >= 15 is 0 Å². The zero-order valence-electron chi connectivity index (χ0n) is 16.4. The lowest BCUT2D eigenvalue weighted by Gasteiger charge is -2.22. The van der Waals surface area contributed by atoms with E-state index in [1.165, 1.54) is 34.0 Å². The summed E-state index contributed by atoms with van der Waals surface area (Å²) in [6.07, 6.45) is 1.81. The molecule has 1 aromatic heterocycles. The number of imidazole rings is 1. The molecule has 12 heteroatoms. The second kappa shape index (κ2) is 8.23. The van der Waals surface area contributed by atoms with Crippen molar-refractivity contribution >= 4 is 31.6 Å². The van der Waals surface area contributed by atoms with Gasteiger partial charge in [-0.3, -0.25) is 0 Å². The van der Waals surface area contributed by atoms with Gasteiger partial charge in [0.1, 0.15) is 16.5 Å². The zero-order chi connectivity index (χ0) is 21.4. The highest BCUT2D eigenvalue weighted by molar-refractivity contribution is 7.89. The molecule has 0 spiro atoms. The minimum absolute atomic E-state index is 0.0169. The maximum absolute atomic E-state index is 13.1. The lowest BCUT2D eigenvalue weighted by Crippen LogP contribution is -2.37. The number of halogens is 1. The largest absolute Gasteiger partial charge is 0.495 e. The molecular formula is C17H23ClN4O5S2. The first-order chi connectivity index (χ1) is 13.6. The van der Waals surface area contributed by atoms with Crippen molar-refractivity contribution in [3.05, 3.63) is 35.2 Å². The predicted octanol–water partition coefficient (Wildman–Crippen LogP) is 1.48. The molecule has 1 saturated heterocycles. The standard InChI is InChI=1S/C17H23ClN4O5S2/c1-13-19-17(12-20(13)2)29(25,26)22-8-4-7-21(9-10-22)28(23,24)16-11-14(18)5-6-15(16)27-3/h5-6,11-12H,4,7-10H2,1-3H3. The maximum atomic E-state index is 13.1. The first-order valence-corrected chi connectivity index (χ1v) is 12.2. The molecule has 0 unspecified atom stereocenters. The van der Waals surface area contributed by atoms with E-state index in [0.29, 0.717) is 12.2 Å². The van der Waals surface area contributed by atoms with Crippen molar-refractivity contribution in [2.75, 3.05) is 33.3 Å². The molecule has 0 radical (unpaired) electrons. The van der Waals surface area contributed by atoms with Crippen LogP contribution in [0.25, 0.3) is 0 Å². The van der Waals surface area contributed by atoms with Crippen LogP contribution in [0.4, 0.5) is 0 Å². The second-order valence-electron chi connectivity index (χ2n) is 6.69. The summed E-state index contributed by atoms with van der Waals surface area (Å²) in [7, 11) is -4.61. The Morgan fingerprint density at radius 3 is 2.21 bits per heavy atom. The highest BCUT2D eigenvalue weighted by Crippen LogP contribution is 2.30. The van der Waals surface area contributed by atoms with Gasteiger partial charge in [0.25, 0.3) is 10.0 Å². The molecule has 1 aliphatic rings. The number of rotatable bonds is 5. The summed E-state index contributed by atoms with van der Waals surface area (Å²) in [5, 5.41) is 0.235. The lowest BCUT2D eigenvalue weighted by atomic mass is 10.3. The minimum atomic E-state index is -3.90. The van der Waals surface area contributed by atoms with Crippen LogP contribution in [-0.4, -0.2) is 68.3 Å². The van der Waals surface area contributed by atoms with Crippen LogP contribution >= 0.6 is 11.6 Å². The molecule has 1 aliphatic heterocycles. The second-order valence-corrected chi connectivity index (χ2v) is 10.9. The number of ether oxygens (including phenoxy) is 1. The van der Waals surface area contributed by atoms with Crippen molar-refractivity contribution in [3.8, 4) is 5.75 Å². The van der Waals surface area contributed by atoms with Gasteiger partial charge in [-0.2, -0.15) is 8.61 Å². The van der Waals surface area contributed by atoms with Crippen molar-refractivity contribution < 1.29 is 21.6 Å². The van der Waals surface area contributed by atoms with Gasteiger partial charge < -0.3 is 9.30 Å². The molecule has 9 nitrogen and oxygen atoms in total. The molecule has 2 heterocycles. The number of sulfonamides is 2. The smallest absolute Gasteiger partial charge is 0.262 e. The normalized spacial score (nSPS) is 17.2. The molecule has 0 saturated carbocycles. The van der Waals surface area contributed by atoms with E-state index in [1.54, 1.807) is 24.6 Å². The Bertz CT molecular complexity index is 1100. The Hall–Kier alpha value is -1.66. The molecule has 0 N–H and O–H groups in total. The number of methoxy groups -OCH3 is 1. The first-order valence-electron chi connectivity index (χ1n) is 8.91. The summed E-state index contributed by atoms with van der Waals surface area (Å²) in [6.45, 7) is 2.15. The van der Waals surface area contributed by atoms with Gasteiger partial charge in [0.15, 0.2) is 5.03 Å². The van der Waals surface area contributed by atoms with Crippen LogP contribution in [0.3, 0.4) is 0 Å². The van der Waals surface area contributed by atoms with Gasteiger partial charge in [-0.05, 0) is 31.5 Å². The Kier molecular flexibility index (Phi) is 6.25. The molecule has 0 aliphatic carbocycles. The van der Waals surface area contributed by atoms with E-state index in [4.69, 9.17) is 16.3 Å². The first kappa shape index (κ1) is 22.0.